The van der Waals surface area contributed by atoms with E-state index in [9.17, 15) is 13.2 Å². The smallest absolute Gasteiger partial charge is 0.362 e. The van der Waals surface area contributed by atoms with Crippen molar-refractivity contribution in [1.82, 2.24) is 34.5 Å². The van der Waals surface area contributed by atoms with Crippen LogP contribution in [0, 0.1) is 6.92 Å². The fraction of sp³-hybridized carbons (Fsp3) is 0.368. The lowest BCUT2D eigenvalue weighted by atomic mass is 10.2. The minimum Gasteiger partial charge on any atom is -0.362 e. The molecule has 4 aromatic rings. The fourth-order valence-electron chi connectivity index (χ4n) is 3.57. The first-order valence-corrected chi connectivity index (χ1v) is 9.72. The predicted octanol–water partition coefficient (Wildman–Crippen LogP) is 2.86. The Hall–Kier alpha value is -3.61. The number of anilines is 1. The van der Waals surface area contributed by atoms with Crippen molar-refractivity contribution in [3.63, 3.8) is 0 Å². The van der Waals surface area contributed by atoms with E-state index in [1.807, 2.05) is 11.8 Å². The summed E-state index contributed by atoms with van der Waals surface area (Å²) in [4.78, 5) is 22.6. The van der Waals surface area contributed by atoms with Crippen LogP contribution >= 0.6 is 0 Å². The van der Waals surface area contributed by atoms with Gasteiger partial charge in [-0.2, -0.15) is 18.2 Å². The molecule has 0 N–H and O–H groups in total. The van der Waals surface area contributed by atoms with Gasteiger partial charge in [0.2, 0.25) is 0 Å². The van der Waals surface area contributed by atoms with Crippen LogP contribution < -0.4 is 4.90 Å². The second-order valence-electron chi connectivity index (χ2n) is 7.40. The SMILES string of the molecule is Cc1noc([C@@H]2CN(c3ccnc(-c4cnc5cnc(C(F)(F)F)cn45)n3)C[C@H](C)O2)n1. The zero-order chi connectivity index (χ0) is 22.5. The lowest BCUT2D eigenvalue weighted by Gasteiger charge is -2.36. The van der Waals surface area contributed by atoms with Crippen molar-refractivity contribution in [2.45, 2.75) is 32.2 Å². The summed E-state index contributed by atoms with van der Waals surface area (Å²) < 4.78 is 51.8. The Labute approximate surface area is 179 Å². The third-order valence-corrected chi connectivity index (χ3v) is 4.96. The van der Waals surface area contributed by atoms with Crippen LogP contribution in [-0.2, 0) is 10.9 Å². The summed E-state index contributed by atoms with van der Waals surface area (Å²) in [6.07, 6.45) is -0.234. The van der Waals surface area contributed by atoms with Gasteiger partial charge in [0, 0.05) is 18.9 Å². The molecule has 1 fully saturated rings. The molecule has 0 radical (unpaired) electrons. The van der Waals surface area contributed by atoms with Gasteiger partial charge in [0.25, 0.3) is 5.89 Å². The quantitative estimate of drug-likeness (QED) is 0.469. The summed E-state index contributed by atoms with van der Waals surface area (Å²) in [6.45, 7) is 4.61. The fourth-order valence-corrected chi connectivity index (χ4v) is 3.57. The normalized spacial score (nSPS) is 19.6. The molecule has 10 nitrogen and oxygen atoms in total. The van der Waals surface area contributed by atoms with E-state index in [-0.39, 0.29) is 17.6 Å². The predicted molar refractivity (Wildman–Crippen MR) is 104 cm³/mol. The van der Waals surface area contributed by atoms with E-state index in [1.165, 1.54) is 10.6 Å². The van der Waals surface area contributed by atoms with Crippen LogP contribution in [0.4, 0.5) is 19.0 Å². The maximum atomic E-state index is 13.1. The van der Waals surface area contributed by atoms with E-state index in [0.717, 1.165) is 12.4 Å². The molecule has 5 heterocycles. The minimum absolute atomic E-state index is 0.143. The number of alkyl halides is 3. The maximum Gasteiger partial charge on any atom is 0.434 e. The molecule has 4 aromatic heterocycles. The zero-order valence-corrected chi connectivity index (χ0v) is 17.0. The number of morpholine rings is 1. The van der Waals surface area contributed by atoms with Gasteiger partial charge in [-0.05, 0) is 19.9 Å². The Morgan fingerprint density at radius 1 is 1.09 bits per heavy atom. The number of ether oxygens (including phenoxy) is 1. The molecular weight excluding hydrogens is 429 g/mol. The maximum absolute atomic E-state index is 13.1. The lowest BCUT2D eigenvalue weighted by Crippen LogP contribution is -2.43. The largest absolute Gasteiger partial charge is 0.434 e. The summed E-state index contributed by atoms with van der Waals surface area (Å²) in [7, 11) is 0. The van der Waals surface area contributed by atoms with E-state index in [1.54, 1.807) is 19.2 Å². The van der Waals surface area contributed by atoms with E-state index in [2.05, 4.69) is 30.1 Å². The molecule has 0 aliphatic carbocycles. The number of imidazole rings is 1. The van der Waals surface area contributed by atoms with Crippen molar-refractivity contribution in [3.05, 3.63) is 48.3 Å². The summed E-state index contributed by atoms with van der Waals surface area (Å²) in [5, 5.41) is 3.81. The van der Waals surface area contributed by atoms with Crippen LogP contribution in [0.5, 0.6) is 0 Å². The van der Waals surface area contributed by atoms with E-state index in [4.69, 9.17) is 9.26 Å². The lowest BCUT2D eigenvalue weighted by molar-refractivity contribution is -0.141. The number of aryl methyl sites for hydroxylation is 1. The molecule has 1 saturated heterocycles. The second-order valence-corrected chi connectivity index (χ2v) is 7.40. The number of rotatable bonds is 3. The molecule has 0 amide bonds. The number of fused-ring (bicyclic) bond motifs is 1. The highest BCUT2D eigenvalue weighted by Gasteiger charge is 2.34. The first-order chi connectivity index (χ1) is 15.3. The number of aromatic nitrogens is 7. The molecule has 2 atom stereocenters. The third-order valence-electron chi connectivity index (χ3n) is 4.96. The summed E-state index contributed by atoms with van der Waals surface area (Å²) in [5.74, 6) is 1.71. The van der Waals surface area contributed by atoms with Crippen LogP contribution in [0.25, 0.3) is 17.2 Å². The van der Waals surface area contributed by atoms with Crippen molar-refractivity contribution in [2.24, 2.45) is 0 Å². The molecule has 32 heavy (non-hydrogen) atoms. The van der Waals surface area contributed by atoms with E-state index >= 15 is 0 Å². The summed E-state index contributed by atoms with van der Waals surface area (Å²) in [5.41, 5.74) is -0.450. The van der Waals surface area contributed by atoms with Crippen molar-refractivity contribution in [2.75, 3.05) is 18.0 Å². The van der Waals surface area contributed by atoms with Crippen LogP contribution in [0.15, 0.2) is 35.4 Å². The van der Waals surface area contributed by atoms with Crippen molar-refractivity contribution in [1.29, 1.82) is 0 Å². The monoisotopic (exact) mass is 446 g/mol. The van der Waals surface area contributed by atoms with Gasteiger partial charge >= 0.3 is 6.18 Å². The molecule has 0 aromatic carbocycles. The number of halogens is 3. The first kappa shape index (κ1) is 20.3. The van der Waals surface area contributed by atoms with Crippen LogP contribution in [0.3, 0.4) is 0 Å². The van der Waals surface area contributed by atoms with Gasteiger partial charge in [0.05, 0.1) is 25.0 Å². The van der Waals surface area contributed by atoms with Gasteiger partial charge < -0.3 is 14.2 Å². The molecule has 1 aliphatic heterocycles. The molecule has 0 saturated carbocycles. The van der Waals surface area contributed by atoms with Crippen molar-refractivity contribution < 1.29 is 22.4 Å². The molecule has 0 unspecified atom stereocenters. The Morgan fingerprint density at radius 2 is 1.94 bits per heavy atom. The Morgan fingerprint density at radius 3 is 2.69 bits per heavy atom. The standard InChI is InChI=1S/C19H17F3N8O2/c1-10-7-29(8-13(31-10)18-26-11(2)28-32-18)15-3-4-23-17(27-15)12-5-25-16-6-24-14(9-30(12)16)19(20,21)22/h3-6,9-10,13H,7-8H2,1-2H3/t10-,13-/m0/s1. The minimum atomic E-state index is -4.58. The topological polar surface area (TPSA) is 107 Å². The molecule has 5 rings (SSSR count). The van der Waals surface area contributed by atoms with Gasteiger partial charge in [-0.1, -0.05) is 5.16 Å². The zero-order valence-electron chi connectivity index (χ0n) is 17.0. The van der Waals surface area contributed by atoms with Crippen LogP contribution in [-0.4, -0.2) is 53.7 Å². The third kappa shape index (κ3) is 3.75. The number of hydrogen-bond donors (Lipinski definition) is 0. The second kappa shape index (κ2) is 7.51. The number of hydrogen-bond acceptors (Lipinski definition) is 9. The molecule has 0 spiro atoms. The van der Waals surface area contributed by atoms with Crippen molar-refractivity contribution in [3.8, 4) is 11.5 Å². The Bertz CT molecular complexity index is 1270. The Kier molecular flexibility index (Phi) is 4.77. The first-order valence-electron chi connectivity index (χ1n) is 9.72. The summed E-state index contributed by atoms with van der Waals surface area (Å²) in [6, 6.07) is 1.73. The molecule has 13 heteroatoms. The summed E-state index contributed by atoms with van der Waals surface area (Å²) >= 11 is 0. The van der Waals surface area contributed by atoms with Gasteiger partial charge in [-0.3, -0.25) is 4.40 Å². The molecule has 1 aliphatic rings. The molecule has 0 bridgehead atoms. The van der Waals surface area contributed by atoms with Crippen LogP contribution in [0.2, 0.25) is 0 Å². The van der Waals surface area contributed by atoms with Gasteiger partial charge in [0.15, 0.2) is 29.1 Å². The van der Waals surface area contributed by atoms with Gasteiger partial charge in [-0.25, -0.2) is 19.9 Å². The van der Waals surface area contributed by atoms with E-state index in [0.29, 0.717) is 36.3 Å². The molecular formula is C19H17F3N8O2. The Balaban J connectivity index is 1.48. The molecule has 166 valence electrons. The number of nitrogens with zero attached hydrogens (tertiary/aromatic N) is 8. The van der Waals surface area contributed by atoms with Gasteiger partial charge in [0.1, 0.15) is 11.5 Å². The highest BCUT2D eigenvalue weighted by molar-refractivity contribution is 5.58. The highest BCUT2D eigenvalue weighted by Crippen LogP contribution is 2.30. The van der Waals surface area contributed by atoms with E-state index < -0.39 is 18.0 Å². The average Bonchev–Trinajstić information content (AvgIpc) is 3.38. The highest BCUT2D eigenvalue weighted by atomic mass is 19.4. The van der Waals surface area contributed by atoms with Gasteiger partial charge in [-0.15, -0.1) is 0 Å². The van der Waals surface area contributed by atoms with Crippen LogP contribution in [0.1, 0.15) is 30.4 Å². The average molecular weight is 446 g/mol. The van der Waals surface area contributed by atoms with Crippen molar-refractivity contribution >= 4 is 11.5 Å².